The molecule has 3 aliphatic rings. The molecule has 258 valence electrons. The van der Waals surface area contributed by atoms with Gasteiger partial charge < -0.3 is 30.2 Å². The van der Waals surface area contributed by atoms with Gasteiger partial charge in [-0.05, 0) is 61.4 Å². The number of nitrogens with zero attached hydrogens (tertiary/aromatic N) is 1. The highest BCUT2D eigenvalue weighted by Crippen LogP contribution is 2.44. The number of likely N-dealkylation sites (tertiary alicyclic amines) is 1. The number of hydrogen-bond acceptors (Lipinski definition) is 7. The third-order valence-corrected chi connectivity index (χ3v) is 8.83. The van der Waals surface area contributed by atoms with Crippen LogP contribution in [0, 0.1) is 0 Å². The monoisotopic (exact) mass is 668 g/mol. The van der Waals surface area contributed by atoms with Gasteiger partial charge in [0.15, 0.2) is 0 Å². The maximum Gasteiger partial charge on any atom is 0.410 e. The summed E-state index contributed by atoms with van der Waals surface area (Å²) in [5, 5.41) is 8.17. The van der Waals surface area contributed by atoms with Gasteiger partial charge in [-0.2, -0.15) is 0 Å². The van der Waals surface area contributed by atoms with E-state index in [0.717, 1.165) is 40.7 Å². The van der Waals surface area contributed by atoms with Crippen molar-refractivity contribution in [2.75, 3.05) is 19.7 Å². The van der Waals surface area contributed by atoms with Crippen LogP contribution in [0.5, 0.6) is 0 Å². The SMILES string of the molecule is CC(C)(C)O[C@@H]1C[C@@H](C(=O)N[C@@H](CNC(=O)NCc2ccccc2)C(=O)OC2CC2)N(C(=O)OCC2c3ccccc3-c3ccccc32)C1. The number of esters is 1. The number of urea groups is 1. The molecule has 0 radical (unpaired) electrons. The van der Waals surface area contributed by atoms with Crippen molar-refractivity contribution in [3.63, 3.8) is 0 Å². The van der Waals surface area contributed by atoms with E-state index in [-0.39, 0.29) is 38.1 Å². The summed E-state index contributed by atoms with van der Waals surface area (Å²) in [4.78, 5) is 54.7. The molecule has 11 nitrogen and oxygen atoms in total. The molecule has 1 saturated heterocycles. The van der Waals surface area contributed by atoms with Gasteiger partial charge in [-0.3, -0.25) is 9.69 Å². The molecule has 6 rings (SSSR count). The van der Waals surface area contributed by atoms with Gasteiger partial charge in [0.2, 0.25) is 5.91 Å². The van der Waals surface area contributed by atoms with Crippen molar-refractivity contribution in [3.05, 3.63) is 95.6 Å². The van der Waals surface area contributed by atoms with Crippen molar-refractivity contribution in [1.29, 1.82) is 0 Å². The first-order chi connectivity index (χ1) is 23.6. The van der Waals surface area contributed by atoms with E-state index in [9.17, 15) is 19.2 Å². The number of carbonyl (C=O) groups is 4. The molecule has 0 aromatic heterocycles. The Morgan fingerprint density at radius 2 is 1.47 bits per heavy atom. The number of benzene rings is 3. The molecule has 4 amide bonds. The second-order valence-corrected chi connectivity index (χ2v) is 13.8. The van der Waals surface area contributed by atoms with Crippen LogP contribution < -0.4 is 16.0 Å². The third kappa shape index (κ3) is 8.58. The number of nitrogens with one attached hydrogen (secondary N) is 3. The van der Waals surface area contributed by atoms with Crippen LogP contribution in [0.1, 0.15) is 62.6 Å². The van der Waals surface area contributed by atoms with E-state index < -0.39 is 47.8 Å². The topological polar surface area (TPSA) is 135 Å². The number of fused-ring (bicyclic) bond motifs is 3. The Balaban J connectivity index is 1.13. The molecule has 49 heavy (non-hydrogen) atoms. The normalized spacial score (nSPS) is 19.0. The van der Waals surface area contributed by atoms with Crippen LogP contribution in [0.15, 0.2) is 78.9 Å². The third-order valence-electron chi connectivity index (χ3n) is 8.83. The minimum absolute atomic E-state index is 0.0981. The van der Waals surface area contributed by atoms with Crippen LogP contribution in [-0.4, -0.2) is 78.5 Å². The average Bonchev–Trinajstić information content (AvgIpc) is 3.71. The molecule has 1 heterocycles. The molecule has 1 aliphatic heterocycles. The Morgan fingerprint density at radius 1 is 0.837 bits per heavy atom. The Labute approximate surface area is 286 Å². The maximum atomic E-state index is 13.9. The standard InChI is InChI=1S/C38H44N4O7/c1-38(2,3)49-26-19-33(42(22-26)37(46)47-23-31-29-15-9-7-13-27(29)28-14-8-10-16-30(28)31)34(43)41-32(35(44)48-25-17-18-25)21-40-36(45)39-20-24-11-5-4-6-12-24/h4-16,25-26,31-33H,17-23H2,1-3H3,(H,41,43)(H2,39,40,45)/t26-,32+,33+/m1/s1. The highest BCUT2D eigenvalue weighted by molar-refractivity contribution is 5.91. The van der Waals surface area contributed by atoms with Crippen LogP contribution in [0.25, 0.3) is 11.1 Å². The first-order valence-corrected chi connectivity index (χ1v) is 16.9. The second kappa shape index (κ2) is 14.7. The van der Waals surface area contributed by atoms with Gasteiger partial charge in [0.25, 0.3) is 0 Å². The Morgan fingerprint density at radius 3 is 2.10 bits per heavy atom. The lowest BCUT2D eigenvalue weighted by Crippen LogP contribution is -2.55. The van der Waals surface area contributed by atoms with Gasteiger partial charge in [0.05, 0.1) is 24.8 Å². The summed E-state index contributed by atoms with van der Waals surface area (Å²) in [6.07, 6.45) is 0.436. The fourth-order valence-corrected chi connectivity index (χ4v) is 6.44. The van der Waals surface area contributed by atoms with E-state index in [1.165, 1.54) is 4.90 Å². The maximum absolute atomic E-state index is 13.9. The van der Waals surface area contributed by atoms with Gasteiger partial charge >= 0.3 is 18.1 Å². The largest absolute Gasteiger partial charge is 0.461 e. The molecule has 2 aliphatic carbocycles. The first kappa shape index (κ1) is 34.0. The summed E-state index contributed by atoms with van der Waals surface area (Å²) in [7, 11) is 0. The molecule has 0 spiro atoms. The smallest absolute Gasteiger partial charge is 0.410 e. The molecule has 3 atom stereocenters. The van der Waals surface area contributed by atoms with Crippen molar-refractivity contribution < 1.29 is 33.4 Å². The highest BCUT2D eigenvalue weighted by atomic mass is 16.6. The summed E-state index contributed by atoms with van der Waals surface area (Å²) < 4.78 is 17.6. The van der Waals surface area contributed by atoms with E-state index in [4.69, 9.17) is 14.2 Å². The van der Waals surface area contributed by atoms with Gasteiger partial charge in [0, 0.05) is 18.9 Å². The zero-order valence-corrected chi connectivity index (χ0v) is 28.1. The molecular formula is C38H44N4O7. The highest BCUT2D eigenvalue weighted by Gasteiger charge is 2.44. The summed E-state index contributed by atoms with van der Waals surface area (Å²) in [6, 6.07) is 22.9. The minimum Gasteiger partial charge on any atom is -0.461 e. The number of carbonyl (C=O) groups excluding carboxylic acids is 4. The fourth-order valence-electron chi connectivity index (χ4n) is 6.44. The van der Waals surface area contributed by atoms with Gasteiger partial charge in [0.1, 0.15) is 24.8 Å². The molecule has 0 bridgehead atoms. The zero-order chi connectivity index (χ0) is 34.5. The molecule has 2 fully saturated rings. The molecular weight excluding hydrogens is 624 g/mol. The summed E-state index contributed by atoms with van der Waals surface area (Å²) in [5.74, 6) is -1.35. The zero-order valence-electron chi connectivity index (χ0n) is 28.1. The van der Waals surface area contributed by atoms with E-state index in [1.807, 2.05) is 87.5 Å². The fraction of sp³-hybridized carbons (Fsp3) is 0.421. The Kier molecular flexibility index (Phi) is 10.2. The Bertz CT molecular complexity index is 1620. The number of rotatable bonds is 11. The van der Waals surface area contributed by atoms with E-state index >= 15 is 0 Å². The summed E-state index contributed by atoms with van der Waals surface area (Å²) in [6.45, 7) is 6.08. The van der Waals surface area contributed by atoms with Gasteiger partial charge in [-0.25, -0.2) is 14.4 Å². The van der Waals surface area contributed by atoms with Crippen LogP contribution in [0.3, 0.4) is 0 Å². The second-order valence-electron chi connectivity index (χ2n) is 13.8. The molecule has 3 N–H and O–H groups in total. The molecule has 3 aromatic rings. The van der Waals surface area contributed by atoms with Crippen molar-refractivity contribution in [2.24, 2.45) is 0 Å². The predicted octanol–water partition coefficient (Wildman–Crippen LogP) is 4.88. The van der Waals surface area contributed by atoms with Crippen LogP contribution in [-0.2, 0) is 30.3 Å². The lowest BCUT2D eigenvalue weighted by Gasteiger charge is -2.26. The van der Waals surface area contributed by atoms with Crippen molar-refractivity contribution >= 4 is 24.0 Å². The molecule has 3 aromatic carbocycles. The number of amides is 4. The molecule has 1 saturated carbocycles. The van der Waals surface area contributed by atoms with Gasteiger partial charge in [-0.1, -0.05) is 78.9 Å². The average molecular weight is 669 g/mol. The first-order valence-electron chi connectivity index (χ1n) is 16.9. The van der Waals surface area contributed by atoms with E-state index in [1.54, 1.807) is 0 Å². The number of ether oxygens (including phenoxy) is 3. The lowest BCUT2D eigenvalue weighted by atomic mass is 9.98. The predicted molar refractivity (Wildman–Crippen MR) is 183 cm³/mol. The summed E-state index contributed by atoms with van der Waals surface area (Å²) in [5.41, 5.74) is 4.79. The van der Waals surface area contributed by atoms with E-state index in [2.05, 4.69) is 28.1 Å². The molecule has 0 unspecified atom stereocenters. The van der Waals surface area contributed by atoms with Crippen molar-refractivity contribution in [1.82, 2.24) is 20.9 Å². The van der Waals surface area contributed by atoms with Crippen molar-refractivity contribution in [3.8, 4) is 11.1 Å². The molecule has 11 heteroatoms. The minimum atomic E-state index is -1.16. The van der Waals surface area contributed by atoms with Crippen LogP contribution >= 0.6 is 0 Å². The van der Waals surface area contributed by atoms with Crippen LogP contribution in [0.4, 0.5) is 9.59 Å². The van der Waals surface area contributed by atoms with Crippen molar-refractivity contribution in [2.45, 2.75) is 82.4 Å². The summed E-state index contributed by atoms with van der Waals surface area (Å²) >= 11 is 0. The van der Waals surface area contributed by atoms with Gasteiger partial charge in [-0.15, -0.1) is 0 Å². The number of hydrogen-bond donors (Lipinski definition) is 3. The van der Waals surface area contributed by atoms with E-state index in [0.29, 0.717) is 6.54 Å². The van der Waals surface area contributed by atoms with Crippen LogP contribution in [0.2, 0.25) is 0 Å². The quantitative estimate of drug-likeness (QED) is 0.248. The lowest BCUT2D eigenvalue weighted by molar-refractivity contribution is -0.149. The Hall–Kier alpha value is -4.90.